The van der Waals surface area contributed by atoms with E-state index in [1.807, 2.05) is 25.1 Å². The van der Waals surface area contributed by atoms with E-state index in [1.54, 1.807) is 0 Å². The number of benzene rings is 1. The summed E-state index contributed by atoms with van der Waals surface area (Å²) < 4.78 is 71.3. The molecular formula is C18H25F3O5SSi. The highest BCUT2D eigenvalue weighted by molar-refractivity contribution is 7.86. The molecule has 1 aromatic heterocycles. The topological polar surface area (TPSA) is 77.7 Å². The second kappa shape index (κ2) is 8.00. The van der Waals surface area contributed by atoms with Gasteiger partial charge in [-0.1, -0.05) is 32.9 Å². The Hall–Kier alpha value is -1.65. The van der Waals surface area contributed by atoms with Crippen molar-refractivity contribution in [1.82, 2.24) is 0 Å². The number of hydrogen-bond donors (Lipinski definition) is 0. The monoisotopic (exact) mass is 438 g/mol. The minimum Gasteiger partial charge on any atom is -0.741 e. The third-order valence-electron chi connectivity index (χ3n) is 4.71. The van der Waals surface area contributed by atoms with E-state index in [0.717, 1.165) is 28.0 Å². The lowest BCUT2D eigenvalue weighted by molar-refractivity contribution is -0.0517. The highest BCUT2D eigenvalue weighted by atomic mass is 32.2. The first-order chi connectivity index (χ1) is 12.4. The van der Waals surface area contributed by atoms with Crippen LogP contribution < -0.4 is 4.43 Å². The molecule has 0 N–H and O–H groups in total. The fraction of sp³-hybridized carbons (Fsp3) is 0.500. The Labute approximate surface area is 164 Å². The highest BCUT2D eigenvalue weighted by Gasteiger charge is 2.40. The van der Waals surface area contributed by atoms with Gasteiger partial charge in [-0.05, 0) is 31.1 Å². The molecule has 0 bridgehead atoms. The summed E-state index contributed by atoms with van der Waals surface area (Å²) in [5.41, 5.74) is -3.65. The number of rotatable bonds is 2. The van der Waals surface area contributed by atoms with Crippen LogP contribution in [0.15, 0.2) is 28.7 Å². The summed E-state index contributed by atoms with van der Waals surface area (Å²) in [6.07, 6.45) is 0. The van der Waals surface area contributed by atoms with Gasteiger partial charge in [0.1, 0.15) is 11.1 Å². The van der Waals surface area contributed by atoms with Crippen molar-refractivity contribution in [2.75, 3.05) is 0 Å². The molecule has 10 heteroatoms. The lowest BCUT2D eigenvalue weighted by Crippen LogP contribution is -2.44. The third-order valence-corrected chi connectivity index (χ3v) is 9.60. The van der Waals surface area contributed by atoms with Crippen molar-refractivity contribution in [2.24, 2.45) is 0 Å². The van der Waals surface area contributed by atoms with Gasteiger partial charge in [0.05, 0.1) is 12.5 Å². The minimum absolute atomic E-state index is 0.182. The van der Waals surface area contributed by atoms with Gasteiger partial charge < -0.3 is 8.98 Å². The van der Waals surface area contributed by atoms with Gasteiger partial charge in [0.25, 0.3) is 8.32 Å². The molecule has 0 saturated heterocycles. The molecule has 0 aliphatic rings. The van der Waals surface area contributed by atoms with E-state index < -0.39 is 23.9 Å². The summed E-state index contributed by atoms with van der Waals surface area (Å²) in [5, 5.41) is 1.25. The van der Waals surface area contributed by atoms with E-state index in [0.29, 0.717) is 0 Å². The summed E-state index contributed by atoms with van der Waals surface area (Å²) in [4.78, 5) is 0. The summed E-state index contributed by atoms with van der Waals surface area (Å²) in [7, 11) is -7.95. The first-order valence-corrected chi connectivity index (χ1v) is 12.7. The predicted molar refractivity (Wildman–Crippen MR) is 104 cm³/mol. The standard InChI is InChI=1S/C17H25O2Si.CHF3O3S/c1-12-13(2)18-15-11-9-8-10-14(15)16(12)19-20(6,7)17(3,4)5;2-1(3,4)8(5,6)7/h8-11H,1-7H3;(H,5,6,7)/q+1;/p-1. The molecule has 28 heavy (non-hydrogen) atoms. The fourth-order valence-electron chi connectivity index (χ4n) is 1.89. The zero-order valence-electron chi connectivity index (χ0n) is 16.9. The first-order valence-electron chi connectivity index (χ1n) is 8.41. The van der Waals surface area contributed by atoms with Gasteiger partial charge in [-0.2, -0.15) is 13.2 Å². The van der Waals surface area contributed by atoms with E-state index in [9.17, 15) is 13.2 Å². The maximum atomic E-state index is 10.7. The molecule has 0 atom stereocenters. The zero-order chi connectivity index (χ0) is 22.1. The van der Waals surface area contributed by atoms with Gasteiger partial charge in [0, 0.05) is 6.07 Å². The van der Waals surface area contributed by atoms with Crippen LogP contribution in [0.1, 0.15) is 32.1 Å². The van der Waals surface area contributed by atoms with Crippen LogP contribution in [0.25, 0.3) is 11.0 Å². The van der Waals surface area contributed by atoms with Gasteiger partial charge in [-0.25, -0.2) is 12.8 Å². The Bertz CT molecular complexity index is 948. The number of para-hydroxylation sites is 1. The van der Waals surface area contributed by atoms with E-state index in [2.05, 4.69) is 46.9 Å². The molecular weight excluding hydrogens is 413 g/mol. The molecule has 0 saturated carbocycles. The Morgan fingerprint density at radius 3 is 1.96 bits per heavy atom. The molecule has 1 aromatic carbocycles. The van der Waals surface area contributed by atoms with E-state index in [4.69, 9.17) is 21.8 Å². The van der Waals surface area contributed by atoms with Crippen molar-refractivity contribution in [1.29, 1.82) is 0 Å². The molecule has 0 amide bonds. The molecule has 0 aliphatic carbocycles. The SMILES string of the molecule is Cc1[o+]c2ccccc2c(O[Si](C)(C)C(C)(C)C)c1C.O=S(=O)([O-])C(F)(F)F. The number of halogens is 3. The number of alkyl halides is 3. The quantitative estimate of drug-likeness (QED) is 0.258. The zero-order valence-corrected chi connectivity index (χ0v) is 18.7. The maximum Gasteiger partial charge on any atom is 0.485 e. The lowest BCUT2D eigenvalue weighted by Gasteiger charge is -2.36. The van der Waals surface area contributed by atoms with Crippen molar-refractivity contribution in [2.45, 2.75) is 58.3 Å². The van der Waals surface area contributed by atoms with Crippen molar-refractivity contribution in [3.8, 4) is 5.75 Å². The smallest absolute Gasteiger partial charge is 0.485 e. The molecule has 0 spiro atoms. The van der Waals surface area contributed by atoms with Gasteiger partial charge in [-0.15, -0.1) is 0 Å². The van der Waals surface area contributed by atoms with Crippen LogP contribution in [0.3, 0.4) is 0 Å². The molecule has 0 fully saturated rings. The number of aryl methyl sites for hydroxylation is 1. The van der Waals surface area contributed by atoms with Crippen molar-refractivity contribution in [3.63, 3.8) is 0 Å². The maximum absolute atomic E-state index is 10.7. The number of fused-ring (bicyclic) bond motifs is 1. The second-order valence-electron chi connectivity index (χ2n) is 7.87. The summed E-state index contributed by atoms with van der Waals surface area (Å²) in [6.45, 7) is 15.4. The second-order valence-corrected chi connectivity index (χ2v) is 14.0. The average Bonchev–Trinajstić information content (AvgIpc) is 2.49. The Morgan fingerprint density at radius 1 is 1.07 bits per heavy atom. The lowest BCUT2D eigenvalue weighted by atomic mass is 10.1. The van der Waals surface area contributed by atoms with Gasteiger partial charge in [0.15, 0.2) is 10.1 Å². The van der Waals surface area contributed by atoms with Crippen LogP contribution in [-0.4, -0.2) is 26.8 Å². The van der Waals surface area contributed by atoms with Gasteiger partial charge in [0.2, 0.25) is 0 Å². The van der Waals surface area contributed by atoms with Crippen LogP contribution >= 0.6 is 0 Å². The predicted octanol–water partition coefficient (Wildman–Crippen LogP) is 5.77. The van der Waals surface area contributed by atoms with Crippen LogP contribution in [0, 0.1) is 13.8 Å². The van der Waals surface area contributed by atoms with Gasteiger partial charge >= 0.3 is 16.9 Å². The van der Waals surface area contributed by atoms with Crippen molar-refractivity contribution in [3.05, 3.63) is 35.6 Å². The highest BCUT2D eigenvalue weighted by Crippen LogP contribution is 2.41. The largest absolute Gasteiger partial charge is 0.741 e. The molecule has 0 radical (unpaired) electrons. The van der Waals surface area contributed by atoms with Crippen molar-refractivity contribution >= 4 is 29.4 Å². The molecule has 0 aliphatic heterocycles. The molecule has 5 nitrogen and oxygen atoms in total. The molecule has 158 valence electrons. The van der Waals surface area contributed by atoms with Crippen LogP contribution in [0.4, 0.5) is 13.2 Å². The van der Waals surface area contributed by atoms with E-state index in [-0.39, 0.29) is 5.04 Å². The average molecular weight is 439 g/mol. The molecule has 1 heterocycles. The van der Waals surface area contributed by atoms with Gasteiger partial charge in [-0.3, -0.25) is 0 Å². The van der Waals surface area contributed by atoms with E-state index >= 15 is 0 Å². The molecule has 0 unspecified atom stereocenters. The Morgan fingerprint density at radius 2 is 1.54 bits per heavy atom. The first kappa shape index (κ1) is 24.4. The number of hydrogen-bond acceptors (Lipinski definition) is 4. The Balaban J connectivity index is 0.000000416. The third kappa shape index (κ3) is 5.68. The Kier molecular flexibility index (Phi) is 6.96. The normalized spacial score (nSPS) is 13.1. The van der Waals surface area contributed by atoms with Crippen molar-refractivity contribution < 1.29 is 35.0 Å². The fourth-order valence-corrected chi connectivity index (χ4v) is 2.97. The summed E-state index contributed by atoms with van der Waals surface area (Å²) in [6, 6.07) is 8.11. The molecule has 2 rings (SSSR count). The molecule has 2 aromatic rings. The summed E-state index contributed by atoms with van der Waals surface area (Å²) >= 11 is 0. The van der Waals surface area contributed by atoms with Crippen LogP contribution in [0.2, 0.25) is 18.1 Å². The minimum atomic E-state index is -6.09. The van der Waals surface area contributed by atoms with E-state index in [1.165, 1.54) is 0 Å². The van der Waals surface area contributed by atoms with Crippen LogP contribution in [0.5, 0.6) is 5.75 Å². The van der Waals surface area contributed by atoms with Crippen LogP contribution in [-0.2, 0) is 10.1 Å². The summed E-state index contributed by atoms with van der Waals surface area (Å²) in [5.74, 6) is 1.92.